The first-order valence-corrected chi connectivity index (χ1v) is 5.50. The average molecular weight is 247 g/mol. The van der Waals surface area contributed by atoms with E-state index in [0.717, 1.165) is 16.7 Å². The van der Waals surface area contributed by atoms with Gasteiger partial charge in [0.15, 0.2) is 0 Å². The summed E-state index contributed by atoms with van der Waals surface area (Å²) in [6.45, 7) is 0.685. The van der Waals surface area contributed by atoms with Crippen LogP contribution in [0.4, 0.5) is 0 Å². The molecule has 0 aliphatic carbocycles. The van der Waals surface area contributed by atoms with Crippen LogP contribution in [-0.2, 0) is 13.1 Å². The van der Waals surface area contributed by atoms with Gasteiger partial charge < -0.3 is 5.73 Å². The summed E-state index contributed by atoms with van der Waals surface area (Å²) in [7, 11) is 0. The van der Waals surface area contributed by atoms with E-state index in [-0.39, 0.29) is 6.54 Å². The molecule has 0 unspecified atom stereocenters. The summed E-state index contributed by atoms with van der Waals surface area (Å²) in [5.41, 5.74) is 8.46. The molecular formula is C12H11ClN4. The van der Waals surface area contributed by atoms with E-state index in [4.69, 9.17) is 22.6 Å². The fraction of sp³-hybridized carbons (Fsp3) is 0.167. The zero-order chi connectivity index (χ0) is 12.3. The Morgan fingerprint density at radius 2 is 2.18 bits per heavy atom. The van der Waals surface area contributed by atoms with E-state index < -0.39 is 0 Å². The molecule has 0 saturated carbocycles. The SMILES string of the molecule is N#CCn1cc(-c2cc(Cl)cc(CN)c2)cn1. The van der Waals surface area contributed by atoms with E-state index in [2.05, 4.69) is 5.10 Å². The third-order valence-corrected chi connectivity index (χ3v) is 2.61. The van der Waals surface area contributed by atoms with Crippen LogP contribution in [0.2, 0.25) is 5.02 Å². The van der Waals surface area contributed by atoms with Gasteiger partial charge in [-0.05, 0) is 29.3 Å². The second kappa shape index (κ2) is 5.00. The lowest BCUT2D eigenvalue weighted by Crippen LogP contribution is -1.96. The number of nitrogens with zero attached hydrogens (tertiary/aromatic N) is 3. The monoisotopic (exact) mass is 246 g/mol. The van der Waals surface area contributed by atoms with Crippen LogP contribution >= 0.6 is 11.6 Å². The lowest BCUT2D eigenvalue weighted by atomic mass is 10.1. The highest BCUT2D eigenvalue weighted by Gasteiger charge is 2.04. The van der Waals surface area contributed by atoms with E-state index >= 15 is 0 Å². The maximum atomic E-state index is 8.58. The summed E-state index contributed by atoms with van der Waals surface area (Å²) in [6, 6.07) is 7.70. The third kappa shape index (κ3) is 2.64. The molecule has 0 radical (unpaired) electrons. The largest absolute Gasteiger partial charge is 0.326 e. The molecule has 2 N–H and O–H groups in total. The molecule has 5 heteroatoms. The zero-order valence-electron chi connectivity index (χ0n) is 9.10. The normalized spacial score (nSPS) is 10.2. The molecule has 1 aromatic heterocycles. The van der Waals surface area contributed by atoms with E-state index in [0.29, 0.717) is 11.6 Å². The predicted molar refractivity (Wildman–Crippen MR) is 66.2 cm³/mol. The molecule has 86 valence electrons. The number of hydrogen-bond donors (Lipinski definition) is 1. The van der Waals surface area contributed by atoms with Gasteiger partial charge in [0, 0.05) is 23.3 Å². The fourth-order valence-corrected chi connectivity index (χ4v) is 1.86. The van der Waals surface area contributed by atoms with Crippen molar-refractivity contribution in [1.82, 2.24) is 9.78 Å². The van der Waals surface area contributed by atoms with Gasteiger partial charge in [-0.15, -0.1) is 0 Å². The van der Waals surface area contributed by atoms with Crippen LogP contribution in [0.5, 0.6) is 0 Å². The molecule has 17 heavy (non-hydrogen) atoms. The summed E-state index contributed by atoms with van der Waals surface area (Å²) >= 11 is 6.01. The first-order valence-electron chi connectivity index (χ1n) is 5.12. The maximum absolute atomic E-state index is 8.58. The van der Waals surface area contributed by atoms with Crippen molar-refractivity contribution in [1.29, 1.82) is 5.26 Å². The van der Waals surface area contributed by atoms with Gasteiger partial charge in [0.25, 0.3) is 0 Å². The smallest absolute Gasteiger partial charge is 0.128 e. The van der Waals surface area contributed by atoms with Gasteiger partial charge in [-0.3, -0.25) is 4.68 Å². The number of halogens is 1. The van der Waals surface area contributed by atoms with Crippen molar-refractivity contribution in [3.63, 3.8) is 0 Å². The minimum absolute atomic E-state index is 0.240. The molecule has 0 aliphatic heterocycles. The van der Waals surface area contributed by atoms with E-state index in [1.807, 2.05) is 30.5 Å². The summed E-state index contributed by atoms with van der Waals surface area (Å²) in [4.78, 5) is 0. The van der Waals surface area contributed by atoms with Crippen LogP contribution in [0.1, 0.15) is 5.56 Å². The quantitative estimate of drug-likeness (QED) is 0.903. The van der Waals surface area contributed by atoms with Crippen molar-refractivity contribution < 1.29 is 0 Å². The van der Waals surface area contributed by atoms with Crippen LogP contribution in [0, 0.1) is 11.3 Å². The number of hydrogen-bond acceptors (Lipinski definition) is 3. The molecule has 0 saturated heterocycles. The van der Waals surface area contributed by atoms with Gasteiger partial charge in [-0.25, -0.2) is 0 Å². The highest BCUT2D eigenvalue weighted by atomic mass is 35.5. The highest BCUT2D eigenvalue weighted by molar-refractivity contribution is 6.30. The van der Waals surface area contributed by atoms with Crippen LogP contribution in [0.3, 0.4) is 0 Å². The number of rotatable bonds is 3. The third-order valence-electron chi connectivity index (χ3n) is 2.39. The molecule has 0 spiro atoms. The Morgan fingerprint density at radius 3 is 2.88 bits per heavy atom. The Labute approximate surface area is 104 Å². The molecule has 0 fully saturated rings. The lowest BCUT2D eigenvalue weighted by Gasteiger charge is -2.02. The van der Waals surface area contributed by atoms with Crippen molar-refractivity contribution in [2.24, 2.45) is 5.73 Å². The van der Waals surface area contributed by atoms with E-state index in [1.165, 1.54) is 0 Å². The zero-order valence-corrected chi connectivity index (χ0v) is 9.85. The minimum Gasteiger partial charge on any atom is -0.326 e. The van der Waals surface area contributed by atoms with Crippen molar-refractivity contribution in [2.45, 2.75) is 13.1 Å². The number of nitrogens with two attached hydrogens (primary N) is 1. The Kier molecular flexibility index (Phi) is 3.43. The predicted octanol–water partition coefficient (Wildman–Crippen LogP) is 2.19. The van der Waals surface area contributed by atoms with Crippen LogP contribution in [0.25, 0.3) is 11.1 Å². The Balaban J connectivity index is 2.38. The molecule has 2 aromatic rings. The fourth-order valence-electron chi connectivity index (χ4n) is 1.61. The van der Waals surface area contributed by atoms with Crippen LogP contribution in [0.15, 0.2) is 30.6 Å². The number of benzene rings is 1. The second-order valence-electron chi connectivity index (χ2n) is 3.64. The van der Waals surface area contributed by atoms with Crippen LogP contribution in [-0.4, -0.2) is 9.78 Å². The Hall–Kier alpha value is -1.83. The molecule has 0 bridgehead atoms. The summed E-state index contributed by atoms with van der Waals surface area (Å²) in [6.07, 6.45) is 3.53. The second-order valence-corrected chi connectivity index (χ2v) is 4.07. The molecule has 0 amide bonds. The van der Waals surface area contributed by atoms with Gasteiger partial charge >= 0.3 is 0 Å². The Bertz CT molecular complexity index is 568. The Morgan fingerprint density at radius 1 is 1.35 bits per heavy atom. The topological polar surface area (TPSA) is 67.6 Å². The van der Waals surface area contributed by atoms with Gasteiger partial charge in [-0.2, -0.15) is 10.4 Å². The molecule has 4 nitrogen and oxygen atoms in total. The first kappa shape index (κ1) is 11.6. The van der Waals surface area contributed by atoms with E-state index in [9.17, 15) is 0 Å². The number of nitriles is 1. The lowest BCUT2D eigenvalue weighted by molar-refractivity contribution is 0.710. The van der Waals surface area contributed by atoms with Crippen molar-refractivity contribution in [3.8, 4) is 17.2 Å². The minimum atomic E-state index is 0.240. The van der Waals surface area contributed by atoms with Crippen molar-refractivity contribution in [2.75, 3.05) is 0 Å². The molecule has 1 heterocycles. The highest BCUT2D eigenvalue weighted by Crippen LogP contribution is 2.24. The molecular weight excluding hydrogens is 236 g/mol. The first-order chi connectivity index (χ1) is 8.22. The average Bonchev–Trinajstić information content (AvgIpc) is 2.77. The molecule has 1 aromatic carbocycles. The van der Waals surface area contributed by atoms with Gasteiger partial charge in [0.05, 0.1) is 12.3 Å². The standard InChI is InChI=1S/C12H11ClN4/c13-12-4-9(6-15)3-10(5-12)11-7-16-17(8-11)2-1-14/h3-5,7-8H,2,6,15H2. The van der Waals surface area contributed by atoms with Crippen molar-refractivity contribution >= 4 is 11.6 Å². The van der Waals surface area contributed by atoms with Gasteiger partial charge in [-0.1, -0.05) is 11.6 Å². The van der Waals surface area contributed by atoms with Crippen molar-refractivity contribution in [3.05, 3.63) is 41.2 Å². The summed E-state index contributed by atoms with van der Waals surface area (Å²) in [5, 5.41) is 13.3. The van der Waals surface area contributed by atoms with E-state index in [1.54, 1.807) is 10.9 Å². The number of aromatic nitrogens is 2. The molecule has 0 aliphatic rings. The van der Waals surface area contributed by atoms with Gasteiger partial charge in [0.1, 0.15) is 6.54 Å². The van der Waals surface area contributed by atoms with Crippen LogP contribution < -0.4 is 5.73 Å². The molecule has 2 rings (SSSR count). The van der Waals surface area contributed by atoms with Gasteiger partial charge in [0.2, 0.25) is 0 Å². The molecule has 0 atom stereocenters. The summed E-state index contributed by atoms with van der Waals surface area (Å²) < 4.78 is 1.58. The summed E-state index contributed by atoms with van der Waals surface area (Å²) in [5.74, 6) is 0. The maximum Gasteiger partial charge on any atom is 0.128 e.